The Kier molecular flexibility index (Phi) is 9.95. The molecule has 4 aliphatic carbocycles. The van der Waals surface area contributed by atoms with Gasteiger partial charge in [-0.1, -0.05) is 207 Å². The molecule has 2 heteroatoms. The molecular formula is C65H62BN. The van der Waals surface area contributed by atoms with Crippen LogP contribution < -0.4 is 21.3 Å². The van der Waals surface area contributed by atoms with Gasteiger partial charge in [0.05, 0.1) is 16.8 Å². The molecule has 0 radical (unpaired) electrons. The molecule has 0 saturated heterocycles. The summed E-state index contributed by atoms with van der Waals surface area (Å²) in [7, 11) is 0. The van der Waals surface area contributed by atoms with Crippen molar-refractivity contribution < 1.29 is 0 Å². The van der Waals surface area contributed by atoms with E-state index in [0.29, 0.717) is 0 Å². The van der Waals surface area contributed by atoms with Gasteiger partial charge in [-0.2, -0.15) is 0 Å². The summed E-state index contributed by atoms with van der Waals surface area (Å²) in [6.45, 7) is 14.0. The van der Waals surface area contributed by atoms with Crippen molar-refractivity contribution in [1.82, 2.24) is 0 Å². The molecule has 0 amide bonds. The van der Waals surface area contributed by atoms with Crippen LogP contribution in [0.3, 0.4) is 0 Å². The molecule has 8 aromatic rings. The van der Waals surface area contributed by atoms with Crippen LogP contribution in [0.5, 0.6) is 0 Å². The van der Waals surface area contributed by atoms with Gasteiger partial charge in [0.1, 0.15) is 0 Å². The average molecular weight is 868 g/mol. The summed E-state index contributed by atoms with van der Waals surface area (Å²) >= 11 is 0. The third kappa shape index (κ3) is 6.57. The monoisotopic (exact) mass is 867 g/mol. The predicted molar refractivity (Wildman–Crippen MR) is 283 cm³/mol. The standard InChI is InChI=1S/C65H62BN/c1-43-33-45(3)61(46(4)34-43)66(62-47(5)35-44(2)36-48(62)6)55-29-25-51(26-30-55)63-38-49-37-50(39-63)41-64(40-49,42-63)52-27-31-56(32-28-52)67-59-23-15-13-21-57(59)65(53-17-9-7-10-18-53,54-19-11-8-12-20-54)58-22-14-16-24-60(58)67/h7-36,49-50H,37-42H2,1-6H3. The maximum absolute atomic E-state index is 2.57. The fraction of sp³-hybridized carbons (Fsp3) is 0.262. The topological polar surface area (TPSA) is 3.24 Å². The molecule has 2 unspecified atom stereocenters. The highest BCUT2D eigenvalue weighted by molar-refractivity contribution is 6.96. The van der Waals surface area contributed by atoms with Gasteiger partial charge in [0.25, 0.3) is 0 Å². The van der Waals surface area contributed by atoms with E-state index in [1.54, 1.807) is 11.1 Å². The molecule has 330 valence electrons. The number of nitrogens with zero attached hydrogens (tertiary/aromatic N) is 1. The molecule has 4 saturated carbocycles. The van der Waals surface area contributed by atoms with Crippen LogP contribution in [0, 0.1) is 53.4 Å². The van der Waals surface area contributed by atoms with Crippen molar-refractivity contribution in [3.05, 3.63) is 249 Å². The number of anilines is 3. The number of hydrogen-bond donors (Lipinski definition) is 0. The largest absolute Gasteiger partial charge is 0.310 e. The molecule has 4 bridgehead atoms. The van der Waals surface area contributed by atoms with E-state index in [0.717, 1.165) is 11.8 Å². The first-order valence-electron chi connectivity index (χ1n) is 25.0. The van der Waals surface area contributed by atoms with E-state index in [2.05, 4.69) is 228 Å². The minimum Gasteiger partial charge on any atom is -0.310 e. The molecule has 2 atom stereocenters. The van der Waals surface area contributed by atoms with E-state index in [1.165, 1.54) is 128 Å². The van der Waals surface area contributed by atoms with Gasteiger partial charge in [-0.3, -0.25) is 0 Å². The molecule has 0 spiro atoms. The lowest BCUT2D eigenvalue weighted by molar-refractivity contribution is -0.0281. The Hall–Kier alpha value is -6.38. The van der Waals surface area contributed by atoms with E-state index in [4.69, 9.17) is 0 Å². The second-order valence-electron chi connectivity index (χ2n) is 21.6. The van der Waals surface area contributed by atoms with Crippen molar-refractivity contribution in [3.8, 4) is 0 Å². The van der Waals surface area contributed by atoms with Crippen LogP contribution in [0.15, 0.2) is 182 Å². The van der Waals surface area contributed by atoms with Crippen molar-refractivity contribution >= 4 is 40.2 Å². The summed E-state index contributed by atoms with van der Waals surface area (Å²) in [5.74, 6) is 1.54. The summed E-state index contributed by atoms with van der Waals surface area (Å²) in [5.41, 5.74) is 24.5. The quantitative estimate of drug-likeness (QED) is 0.138. The minimum absolute atomic E-state index is 0.198. The van der Waals surface area contributed by atoms with Gasteiger partial charge in [0.15, 0.2) is 0 Å². The Morgan fingerprint density at radius 3 is 1.24 bits per heavy atom. The molecule has 8 aromatic carbocycles. The van der Waals surface area contributed by atoms with Crippen LogP contribution in [0.4, 0.5) is 17.1 Å². The molecule has 1 heterocycles. The number of benzene rings is 8. The highest BCUT2D eigenvalue weighted by atomic mass is 15.2. The zero-order chi connectivity index (χ0) is 45.7. The number of hydrogen-bond acceptors (Lipinski definition) is 1. The summed E-state index contributed by atoms with van der Waals surface area (Å²) in [4.78, 5) is 2.54. The van der Waals surface area contributed by atoms with E-state index in [9.17, 15) is 0 Å². The summed E-state index contributed by atoms with van der Waals surface area (Å²) in [6.07, 6.45) is 7.91. The van der Waals surface area contributed by atoms with Gasteiger partial charge in [-0.25, -0.2) is 0 Å². The highest BCUT2D eigenvalue weighted by Crippen LogP contribution is 2.66. The second kappa shape index (κ2) is 15.9. The van der Waals surface area contributed by atoms with Gasteiger partial charge in [0, 0.05) is 5.69 Å². The predicted octanol–water partition coefficient (Wildman–Crippen LogP) is 14.0. The van der Waals surface area contributed by atoms with Crippen molar-refractivity contribution in [1.29, 1.82) is 0 Å². The highest BCUT2D eigenvalue weighted by Gasteiger charge is 2.58. The third-order valence-corrected chi connectivity index (χ3v) is 17.2. The van der Waals surface area contributed by atoms with Crippen LogP contribution >= 0.6 is 0 Å². The number of para-hydroxylation sites is 2. The SMILES string of the molecule is Cc1cc(C)c(B(c2ccc(C34CC5CC(C3)CC(c3ccc(N6c7ccccc7C(c7ccccc7)(c7ccccc7)c7ccccc76)cc3)(C5)C4)cc2)c2c(C)cc(C)cc2C)c(C)c1. The second-order valence-corrected chi connectivity index (χ2v) is 21.6. The molecule has 1 aliphatic heterocycles. The van der Waals surface area contributed by atoms with Crippen molar-refractivity contribution in [2.45, 2.75) is 96.3 Å². The van der Waals surface area contributed by atoms with Gasteiger partial charge in [-0.15, -0.1) is 0 Å². The maximum atomic E-state index is 2.57. The summed E-state index contributed by atoms with van der Waals surface area (Å²) in [5, 5.41) is 0. The molecule has 5 aliphatic rings. The van der Waals surface area contributed by atoms with Crippen LogP contribution in [-0.4, -0.2) is 6.71 Å². The molecule has 1 nitrogen and oxygen atoms in total. The van der Waals surface area contributed by atoms with Crippen LogP contribution in [-0.2, 0) is 16.2 Å². The van der Waals surface area contributed by atoms with E-state index in [-0.39, 0.29) is 17.5 Å². The Bertz CT molecular complexity index is 2960. The van der Waals surface area contributed by atoms with Crippen LogP contribution in [0.2, 0.25) is 0 Å². The third-order valence-electron chi connectivity index (χ3n) is 17.2. The molecular weight excluding hydrogens is 806 g/mol. The van der Waals surface area contributed by atoms with E-state index >= 15 is 0 Å². The first kappa shape index (κ1) is 42.0. The average Bonchev–Trinajstić information content (AvgIpc) is 3.32. The molecule has 0 aromatic heterocycles. The van der Waals surface area contributed by atoms with Gasteiger partial charge in [0.2, 0.25) is 6.71 Å². The number of aryl methyl sites for hydroxylation is 6. The fourth-order valence-electron chi connectivity index (χ4n) is 15.4. The Morgan fingerprint density at radius 2 is 0.806 bits per heavy atom. The Balaban J connectivity index is 0.912. The zero-order valence-electron chi connectivity index (χ0n) is 40.2. The van der Waals surface area contributed by atoms with Gasteiger partial charge in [-0.05, 0) is 160 Å². The molecule has 4 fully saturated rings. The van der Waals surface area contributed by atoms with E-state index in [1.807, 2.05) is 0 Å². The maximum Gasteiger partial charge on any atom is 0.242 e. The lowest BCUT2D eigenvalue weighted by Crippen LogP contribution is -2.57. The molecule has 13 rings (SSSR count). The smallest absolute Gasteiger partial charge is 0.242 e. The van der Waals surface area contributed by atoms with E-state index < -0.39 is 5.41 Å². The van der Waals surface area contributed by atoms with Crippen molar-refractivity contribution in [3.63, 3.8) is 0 Å². The minimum atomic E-state index is -0.462. The normalized spacial score (nSPS) is 22.0. The van der Waals surface area contributed by atoms with Gasteiger partial charge < -0.3 is 4.90 Å². The summed E-state index contributed by atoms with van der Waals surface area (Å²) < 4.78 is 0. The lowest BCUT2D eigenvalue weighted by Gasteiger charge is -2.63. The molecule has 67 heavy (non-hydrogen) atoms. The van der Waals surface area contributed by atoms with Gasteiger partial charge >= 0.3 is 0 Å². The van der Waals surface area contributed by atoms with Crippen molar-refractivity contribution in [2.24, 2.45) is 11.8 Å². The fourth-order valence-corrected chi connectivity index (χ4v) is 15.4. The first-order valence-corrected chi connectivity index (χ1v) is 25.0. The number of rotatable bonds is 8. The summed E-state index contributed by atoms with van der Waals surface area (Å²) in [6, 6.07) is 70.3. The first-order chi connectivity index (χ1) is 32.6. The van der Waals surface area contributed by atoms with Crippen LogP contribution in [0.1, 0.15) is 105 Å². The van der Waals surface area contributed by atoms with Crippen LogP contribution in [0.25, 0.3) is 0 Å². The zero-order valence-corrected chi connectivity index (χ0v) is 40.2. The number of fused-ring (bicyclic) bond motifs is 2. The van der Waals surface area contributed by atoms with Crippen molar-refractivity contribution in [2.75, 3.05) is 4.90 Å². The molecule has 0 N–H and O–H groups in total. The Morgan fingerprint density at radius 1 is 0.418 bits per heavy atom. The Labute approximate surface area is 400 Å². The lowest BCUT2D eigenvalue weighted by atomic mass is 9.34.